The minimum atomic E-state index is -4.39. The maximum atomic E-state index is 12.8. The van der Waals surface area contributed by atoms with Crippen LogP contribution in [0.3, 0.4) is 0 Å². The zero-order valence-electron chi connectivity index (χ0n) is 44.1. The summed E-state index contributed by atoms with van der Waals surface area (Å²) in [5.74, 6) is -0.808. The van der Waals surface area contributed by atoms with E-state index in [4.69, 9.17) is 18.5 Å². The molecule has 0 aromatic heterocycles. The van der Waals surface area contributed by atoms with E-state index in [1.807, 2.05) is 21.1 Å². The number of hydrogen-bond acceptors (Lipinski definition) is 7. The summed E-state index contributed by atoms with van der Waals surface area (Å²) in [7, 11) is 1.47. The van der Waals surface area contributed by atoms with Crippen molar-refractivity contribution in [2.24, 2.45) is 0 Å². The van der Waals surface area contributed by atoms with E-state index in [2.05, 4.69) is 74.6 Å². The van der Waals surface area contributed by atoms with Gasteiger partial charge in [0.15, 0.2) is 6.10 Å². The normalized spacial score (nSPS) is 13.8. The van der Waals surface area contributed by atoms with Crippen LogP contribution in [0.15, 0.2) is 60.8 Å². The number of allylic oxidation sites excluding steroid dienone is 10. The number of unbranched alkanes of at least 4 members (excludes halogenated alkanes) is 26. The molecule has 390 valence electrons. The van der Waals surface area contributed by atoms with Crippen LogP contribution in [0.1, 0.15) is 239 Å². The third-order valence-electron chi connectivity index (χ3n) is 11.8. The molecule has 0 spiro atoms. The average molecular weight is 963 g/mol. The number of likely N-dealkylation sites (N-methyl/N-ethyl adjacent to an activating group) is 1. The summed E-state index contributed by atoms with van der Waals surface area (Å²) < 4.78 is 34.5. The van der Waals surface area contributed by atoms with Gasteiger partial charge in [0.05, 0.1) is 27.7 Å². The van der Waals surface area contributed by atoms with E-state index in [-0.39, 0.29) is 32.0 Å². The molecule has 0 bridgehead atoms. The number of carbonyl (C=O) groups excluding carboxylic acids is 2. The largest absolute Gasteiger partial charge is 0.472 e. The molecule has 0 aliphatic rings. The highest BCUT2D eigenvalue weighted by atomic mass is 31.2. The van der Waals surface area contributed by atoms with Gasteiger partial charge in [0, 0.05) is 12.8 Å². The predicted molar refractivity (Wildman–Crippen MR) is 284 cm³/mol. The highest BCUT2D eigenvalue weighted by Crippen LogP contribution is 2.43. The Bertz CT molecular complexity index is 1320. The topological polar surface area (TPSA) is 108 Å². The molecule has 0 aromatic carbocycles. The number of rotatable bonds is 50. The van der Waals surface area contributed by atoms with Gasteiger partial charge in [0.1, 0.15) is 19.8 Å². The van der Waals surface area contributed by atoms with E-state index in [1.165, 1.54) is 128 Å². The number of carbonyl (C=O) groups is 2. The highest BCUT2D eigenvalue weighted by Gasteiger charge is 2.27. The van der Waals surface area contributed by atoms with Crippen molar-refractivity contribution in [3.8, 4) is 0 Å². The first-order valence-corrected chi connectivity index (χ1v) is 29.0. The summed E-state index contributed by atoms with van der Waals surface area (Å²) in [6, 6.07) is 0. The first-order chi connectivity index (χ1) is 32.5. The van der Waals surface area contributed by atoms with E-state index >= 15 is 0 Å². The molecule has 0 aliphatic heterocycles. The number of ether oxygens (including phenoxy) is 2. The Hall–Kier alpha value is -2.29. The van der Waals surface area contributed by atoms with Crippen molar-refractivity contribution in [1.29, 1.82) is 0 Å². The summed E-state index contributed by atoms with van der Waals surface area (Å²) in [4.78, 5) is 35.6. The number of nitrogens with zero attached hydrogens (tertiary/aromatic N) is 1. The van der Waals surface area contributed by atoms with Crippen LogP contribution in [0.5, 0.6) is 0 Å². The highest BCUT2D eigenvalue weighted by molar-refractivity contribution is 7.47. The summed E-state index contributed by atoms with van der Waals surface area (Å²) in [6.07, 6.45) is 61.3. The van der Waals surface area contributed by atoms with Gasteiger partial charge in [0.25, 0.3) is 0 Å². The number of quaternary nitrogens is 1. The lowest BCUT2D eigenvalue weighted by atomic mass is 10.0. The van der Waals surface area contributed by atoms with Gasteiger partial charge in [-0.05, 0) is 83.5 Å². The van der Waals surface area contributed by atoms with Crippen molar-refractivity contribution in [3.63, 3.8) is 0 Å². The number of phosphoric acid groups is 1. The average Bonchev–Trinajstić information content (AvgIpc) is 3.29. The Morgan fingerprint density at radius 3 is 1.21 bits per heavy atom. The minimum Gasteiger partial charge on any atom is -0.462 e. The summed E-state index contributed by atoms with van der Waals surface area (Å²) in [5, 5.41) is 0. The van der Waals surface area contributed by atoms with Crippen molar-refractivity contribution in [3.05, 3.63) is 60.8 Å². The van der Waals surface area contributed by atoms with E-state index < -0.39 is 26.5 Å². The van der Waals surface area contributed by atoms with E-state index in [1.54, 1.807) is 0 Å². The maximum absolute atomic E-state index is 12.8. The summed E-state index contributed by atoms with van der Waals surface area (Å²) in [5.41, 5.74) is 0. The lowest BCUT2D eigenvalue weighted by Gasteiger charge is -2.24. The predicted octanol–water partition coefficient (Wildman–Crippen LogP) is 16.8. The Morgan fingerprint density at radius 1 is 0.463 bits per heavy atom. The molecule has 9 nitrogen and oxygen atoms in total. The molecule has 2 unspecified atom stereocenters. The number of esters is 2. The fraction of sp³-hybridized carbons (Fsp3) is 0.789. The van der Waals surface area contributed by atoms with Gasteiger partial charge < -0.3 is 18.9 Å². The van der Waals surface area contributed by atoms with Gasteiger partial charge in [-0.15, -0.1) is 0 Å². The zero-order valence-corrected chi connectivity index (χ0v) is 45.0. The standard InChI is InChI=1S/C57H104NO8P/c1-6-8-10-12-14-16-18-20-22-24-26-27-28-29-30-31-32-34-36-38-40-42-44-46-48-50-57(60)66-55(54-65-67(61,62)64-52-51-58(3,4)5)53-63-56(59)49-47-45-43-41-39-37-35-33-25-23-21-19-17-15-13-11-9-7-2/h17-20,23-26,28-29,55H,6-16,21-22,27,30-54H2,1-5H3/p+1/b19-17-,20-18-,25-23-,26-24-,29-28-. The van der Waals surface area contributed by atoms with Gasteiger partial charge in [-0.2, -0.15) is 0 Å². The molecular formula is C57H105NO8P+. The molecule has 0 aliphatic carbocycles. The lowest BCUT2D eigenvalue weighted by molar-refractivity contribution is -0.870. The molecule has 0 amide bonds. The quantitative estimate of drug-likeness (QED) is 0.0211. The van der Waals surface area contributed by atoms with Crippen LogP contribution in [0, 0.1) is 0 Å². The van der Waals surface area contributed by atoms with Gasteiger partial charge in [0.2, 0.25) is 0 Å². The molecule has 0 radical (unpaired) electrons. The van der Waals surface area contributed by atoms with Crippen molar-refractivity contribution in [2.75, 3.05) is 47.5 Å². The van der Waals surface area contributed by atoms with Crippen LogP contribution < -0.4 is 0 Å². The molecule has 67 heavy (non-hydrogen) atoms. The second-order valence-electron chi connectivity index (χ2n) is 19.6. The zero-order chi connectivity index (χ0) is 49.2. The maximum Gasteiger partial charge on any atom is 0.472 e. The molecule has 10 heteroatoms. The third kappa shape index (κ3) is 52.9. The fourth-order valence-corrected chi connectivity index (χ4v) is 8.21. The summed E-state index contributed by atoms with van der Waals surface area (Å²) in [6.45, 7) is 4.40. The molecule has 0 saturated heterocycles. The molecule has 0 fully saturated rings. The molecule has 0 aromatic rings. The Balaban J connectivity index is 4.22. The molecular weight excluding hydrogens is 858 g/mol. The van der Waals surface area contributed by atoms with Crippen LogP contribution in [-0.2, 0) is 32.7 Å². The first kappa shape index (κ1) is 64.7. The van der Waals surface area contributed by atoms with E-state index in [0.29, 0.717) is 17.4 Å². The van der Waals surface area contributed by atoms with Crippen molar-refractivity contribution in [2.45, 2.75) is 245 Å². The monoisotopic (exact) mass is 963 g/mol. The van der Waals surface area contributed by atoms with E-state index in [0.717, 1.165) is 77.0 Å². The Kier molecular flexibility index (Phi) is 47.1. The Morgan fingerprint density at radius 2 is 0.806 bits per heavy atom. The van der Waals surface area contributed by atoms with Crippen molar-refractivity contribution < 1.29 is 42.1 Å². The second kappa shape index (κ2) is 48.7. The van der Waals surface area contributed by atoms with Crippen molar-refractivity contribution >= 4 is 19.8 Å². The molecule has 0 rings (SSSR count). The van der Waals surface area contributed by atoms with Crippen LogP contribution in [0.25, 0.3) is 0 Å². The first-order valence-electron chi connectivity index (χ1n) is 27.5. The molecule has 0 saturated carbocycles. The molecule has 2 atom stereocenters. The second-order valence-corrected chi connectivity index (χ2v) is 21.1. The van der Waals surface area contributed by atoms with Crippen LogP contribution in [0.2, 0.25) is 0 Å². The summed E-state index contributed by atoms with van der Waals surface area (Å²) >= 11 is 0. The van der Waals surface area contributed by atoms with Crippen LogP contribution in [0.4, 0.5) is 0 Å². The Labute approximate surface area is 413 Å². The van der Waals surface area contributed by atoms with Gasteiger partial charge in [-0.1, -0.05) is 203 Å². The van der Waals surface area contributed by atoms with Crippen LogP contribution in [-0.4, -0.2) is 74.9 Å². The minimum absolute atomic E-state index is 0.0276. The SMILES string of the molecule is CCCCCC/C=C\C/C=C\CCCCCCCCCC(=O)OCC(COP(=O)(O)OCC[N+](C)(C)C)OC(=O)CCCCCCCCCCCC/C=C\C/C=C\C/C=C\CCCCCCC. The molecule has 0 heterocycles. The number of phosphoric ester groups is 1. The smallest absolute Gasteiger partial charge is 0.462 e. The number of hydrogen-bond donors (Lipinski definition) is 1. The lowest BCUT2D eigenvalue weighted by Crippen LogP contribution is -2.37. The van der Waals surface area contributed by atoms with Gasteiger partial charge >= 0.3 is 19.8 Å². The molecule has 1 N–H and O–H groups in total. The fourth-order valence-electron chi connectivity index (χ4n) is 7.46. The van der Waals surface area contributed by atoms with Gasteiger partial charge in [-0.3, -0.25) is 18.6 Å². The third-order valence-corrected chi connectivity index (χ3v) is 12.8. The van der Waals surface area contributed by atoms with Gasteiger partial charge in [-0.25, -0.2) is 4.57 Å². The van der Waals surface area contributed by atoms with Crippen LogP contribution >= 0.6 is 7.82 Å². The van der Waals surface area contributed by atoms with Crippen molar-refractivity contribution in [1.82, 2.24) is 0 Å². The van der Waals surface area contributed by atoms with E-state index in [9.17, 15) is 19.0 Å².